The highest BCUT2D eigenvalue weighted by Crippen LogP contribution is 2.22. The van der Waals surface area contributed by atoms with Crippen LogP contribution in [0.3, 0.4) is 0 Å². The van der Waals surface area contributed by atoms with Gasteiger partial charge in [-0.3, -0.25) is 0 Å². The molecule has 0 aromatic heterocycles. The number of methoxy groups -OCH3 is 1. The number of hydrogen-bond donors (Lipinski definition) is 1. The quantitative estimate of drug-likeness (QED) is 0.536. The van der Waals surface area contributed by atoms with Gasteiger partial charge in [0.05, 0.1) is 12.7 Å². The van der Waals surface area contributed by atoms with Gasteiger partial charge in [-0.15, -0.1) is 0 Å². The fraction of sp³-hybridized carbons (Fsp3) is 0.0476. The van der Waals surface area contributed by atoms with Gasteiger partial charge in [0.15, 0.2) is 0 Å². The van der Waals surface area contributed by atoms with Gasteiger partial charge in [-0.25, -0.2) is 4.79 Å². The van der Waals surface area contributed by atoms with Gasteiger partial charge in [0.1, 0.15) is 4.99 Å². The van der Waals surface area contributed by atoms with Crippen LogP contribution in [0, 0.1) is 0 Å². The number of rotatable bonds is 4. The molecule has 25 heavy (non-hydrogen) atoms. The van der Waals surface area contributed by atoms with Gasteiger partial charge in [-0.2, -0.15) is 0 Å². The number of carbonyl (C=O) groups excluding carboxylic acids is 1. The Labute approximate surface area is 152 Å². The summed E-state index contributed by atoms with van der Waals surface area (Å²) in [6.07, 6.45) is 0. The molecule has 3 nitrogen and oxygen atoms in total. The number of hydrogen-bond acceptors (Lipinski definition) is 3. The molecule has 0 aliphatic rings. The van der Waals surface area contributed by atoms with Crippen LogP contribution in [0.15, 0.2) is 78.9 Å². The van der Waals surface area contributed by atoms with E-state index in [1.807, 2.05) is 48.5 Å². The standard InChI is InChI=1S/C21H17NO2S/c1-24-21(23)19-10-6-5-9-18(19)20(25)22-17-13-11-16(12-14-17)15-7-3-2-4-8-15/h2-14H,1H3,(H,22,25). The predicted octanol–water partition coefficient (Wildman–Crippen LogP) is 4.93. The fourth-order valence-electron chi connectivity index (χ4n) is 2.54. The van der Waals surface area contributed by atoms with E-state index in [0.717, 1.165) is 16.8 Å². The third kappa shape index (κ3) is 3.92. The van der Waals surface area contributed by atoms with Crippen LogP contribution < -0.4 is 5.32 Å². The molecule has 124 valence electrons. The monoisotopic (exact) mass is 347 g/mol. The van der Waals surface area contributed by atoms with Crippen LogP contribution in [0.25, 0.3) is 11.1 Å². The van der Waals surface area contributed by atoms with Gasteiger partial charge in [0.25, 0.3) is 0 Å². The summed E-state index contributed by atoms with van der Waals surface area (Å²) in [5, 5.41) is 3.18. The molecule has 0 unspecified atom stereocenters. The molecule has 3 rings (SSSR count). The van der Waals surface area contributed by atoms with Crippen molar-refractivity contribution >= 4 is 28.9 Å². The minimum Gasteiger partial charge on any atom is -0.465 e. The maximum Gasteiger partial charge on any atom is 0.338 e. The highest BCUT2D eigenvalue weighted by atomic mass is 32.1. The number of ether oxygens (including phenoxy) is 1. The van der Waals surface area contributed by atoms with Gasteiger partial charge < -0.3 is 10.1 Å². The first-order chi connectivity index (χ1) is 12.2. The number of carbonyl (C=O) groups is 1. The molecule has 1 N–H and O–H groups in total. The lowest BCUT2D eigenvalue weighted by atomic mass is 10.1. The molecule has 0 atom stereocenters. The molecule has 0 saturated heterocycles. The second kappa shape index (κ2) is 7.73. The van der Waals surface area contributed by atoms with Crippen LogP contribution in [0.2, 0.25) is 0 Å². The molecular weight excluding hydrogens is 330 g/mol. The Hall–Kier alpha value is -2.98. The fourth-order valence-corrected chi connectivity index (χ4v) is 2.84. The van der Waals surface area contributed by atoms with E-state index in [1.54, 1.807) is 18.2 Å². The zero-order valence-electron chi connectivity index (χ0n) is 13.7. The summed E-state index contributed by atoms with van der Waals surface area (Å²) >= 11 is 5.46. The molecule has 0 spiro atoms. The number of benzene rings is 3. The molecule has 0 bridgehead atoms. The van der Waals surface area contributed by atoms with E-state index in [4.69, 9.17) is 17.0 Å². The molecule has 0 amide bonds. The summed E-state index contributed by atoms with van der Waals surface area (Å²) in [4.78, 5) is 12.4. The van der Waals surface area contributed by atoms with E-state index >= 15 is 0 Å². The maximum absolute atomic E-state index is 11.9. The Kier molecular flexibility index (Phi) is 5.21. The first-order valence-corrected chi connectivity index (χ1v) is 8.24. The highest BCUT2D eigenvalue weighted by Gasteiger charge is 2.14. The van der Waals surface area contributed by atoms with Gasteiger partial charge in [0.2, 0.25) is 0 Å². The lowest BCUT2D eigenvalue weighted by molar-refractivity contribution is 0.0600. The van der Waals surface area contributed by atoms with Crippen LogP contribution >= 0.6 is 12.2 Å². The highest BCUT2D eigenvalue weighted by molar-refractivity contribution is 7.81. The van der Waals surface area contributed by atoms with Crippen LogP contribution in [0.4, 0.5) is 5.69 Å². The zero-order valence-corrected chi connectivity index (χ0v) is 14.5. The zero-order chi connectivity index (χ0) is 17.6. The maximum atomic E-state index is 11.9. The summed E-state index contributed by atoms with van der Waals surface area (Å²) < 4.78 is 4.82. The first-order valence-electron chi connectivity index (χ1n) is 7.83. The summed E-state index contributed by atoms with van der Waals surface area (Å²) in [5.41, 5.74) is 4.25. The van der Waals surface area contributed by atoms with E-state index in [-0.39, 0.29) is 0 Å². The van der Waals surface area contributed by atoms with Crippen LogP contribution in [0.1, 0.15) is 15.9 Å². The van der Waals surface area contributed by atoms with Crippen molar-refractivity contribution in [3.63, 3.8) is 0 Å². The van der Waals surface area contributed by atoms with Gasteiger partial charge in [-0.05, 0) is 29.3 Å². The Morgan fingerprint density at radius 2 is 1.36 bits per heavy atom. The average molecular weight is 347 g/mol. The summed E-state index contributed by atoms with van der Waals surface area (Å²) in [5.74, 6) is -0.404. The van der Waals surface area contributed by atoms with E-state index < -0.39 is 5.97 Å². The van der Waals surface area contributed by atoms with Crippen molar-refractivity contribution in [3.8, 4) is 11.1 Å². The molecule has 3 aromatic rings. The first kappa shape index (κ1) is 16.9. The van der Waals surface area contributed by atoms with Crippen molar-refractivity contribution in [2.24, 2.45) is 0 Å². The normalized spacial score (nSPS) is 10.1. The average Bonchev–Trinajstić information content (AvgIpc) is 2.68. The second-order valence-corrected chi connectivity index (χ2v) is 5.84. The molecular formula is C21H17NO2S. The summed E-state index contributed by atoms with van der Waals surface area (Å²) in [6, 6.07) is 25.3. The van der Waals surface area contributed by atoms with Crippen LogP contribution in [-0.2, 0) is 4.74 Å². The van der Waals surface area contributed by atoms with Crippen LogP contribution in [-0.4, -0.2) is 18.1 Å². The van der Waals surface area contributed by atoms with Crippen molar-refractivity contribution in [3.05, 3.63) is 90.0 Å². The Bertz CT molecular complexity index is 889. The third-order valence-electron chi connectivity index (χ3n) is 3.83. The van der Waals surface area contributed by atoms with E-state index in [9.17, 15) is 4.79 Å². The Morgan fingerprint density at radius 1 is 0.800 bits per heavy atom. The molecule has 0 fully saturated rings. The third-order valence-corrected chi connectivity index (χ3v) is 4.15. The Morgan fingerprint density at radius 3 is 2.00 bits per heavy atom. The molecule has 0 radical (unpaired) electrons. The van der Waals surface area contributed by atoms with Crippen molar-refractivity contribution in [2.75, 3.05) is 12.4 Å². The van der Waals surface area contributed by atoms with Crippen molar-refractivity contribution < 1.29 is 9.53 Å². The molecule has 0 aliphatic heterocycles. The minimum atomic E-state index is -0.404. The second-order valence-electron chi connectivity index (χ2n) is 5.43. The molecule has 0 heterocycles. The molecule has 3 aromatic carbocycles. The van der Waals surface area contributed by atoms with Crippen molar-refractivity contribution in [1.29, 1.82) is 0 Å². The van der Waals surface area contributed by atoms with E-state index in [1.165, 1.54) is 7.11 Å². The minimum absolute atomic E-state index is 0.404. The van der Waals surface area contributed by atoms with Crippen LogP contribution in [0.5, 0.6) is 0 Å². The topological polar surface area (TPSA) is 38.3 Å². The number of nitrogens with one attached hydrogen (secondary N) is 1. The number of thiocarbonyl (C=S) groups is 1. The largest absolute Gasteiger partial charge is 0.465 e. The smallest absolute Gasteiger partial charge is 0.338 e. The van der Waals surface area contributed by atoms with Crippen molar-refractivity contribution in [1.82, 2.24) is 0 Å². The molecule has 0 saturated carbocycles. The lowest BCUT2D eigenvalue weighted by Gasteiger charge is -2.12. The Balaban J connectivity index is 1.79. The summed E-state index contributed by atoms with van der Waals surface area (Å²) in [7, 11) is 1.36. The lowest BCUT2D eigenvalue weighted by Crippen LogP contribution is -2.16. The summed E-state index contributed by atoms with van der Waals surface area (Å²) in [6.45, 7) is 0. The van der Waals surface area contributed by atoms with Gasteiger partial charge in [-0.1, -0.05) is 72.9 Å². The van der Waals surface area contributed by atoms with E-state index in [0.29, 0.717) is 16.1 Å². The molecule has 4 heteroatoms. The van der Waals surface area contributed by atoms with Gasteiger partial charge in [0, 0.05) is 11.3 Å². The molecule has 0 aliphatic carbocycles. The SMILES string of the molecule is COC(=O)c1ccccc1C(=S)Nc1ccc(-c2ccccc2)cc1. The van der Waals surface area contributed by atoms with Crippen molar-refractivity contribution in [2.45, 2.75) is 0 Å². The van der Waals surface area contributed by atoms with E-state index in [2.05, 4.69) is 17.4 Å². The predicted molar refractivity (Wildman–Crippen MR) is 105 cm³/mol. The number of anilines is 1. The van der Waals surface area contributed by atoms with Gasteiger partial charge >= 0.3 is 5.97 Å². The number of esters is 1.